The standard InChI is InChI=1S/C15H23BrN2O3S/c1-11(2)9-17-22(20,21)15-6-5-12(16)8-14(15)18-7-3-4-13(18)10-19/h5-6,8,11,13,19H,3-4,7,9-10H2,1-2H3,(H-,17,20,21)/t13-/m0/s1. The molecule has 2 rings (SSSR count). The Morgan fingerprint density at radius 1 is 1.55 bits per heavy atom. The van der Waals surface area contributed by atoms with Crippen LogP contribution in [0.4, 0.5) is 5.69 Å². The lowest BCUT2D eigenvalue weighted by atomic mass is 10.2. The minimum atomic E-state index is -3.57. The summed E-state index contributed by atoms with van der Waals surface area (Å²) in [6.45, 7) is 5.13. The summed E-state index contributed by atoms with van der Waals surface area (Å²) < 4.78 is 28.7. The van der Waals surface area contributed by atoms with Gasteiger partial charge in [-0.1, -0.05) is 34.0 Å². The molecule has 0 spiro atoms. The van der Waals surface area contributed by atoms with Gasteiger partial charge in [0, 0.05) is 17.6 Å². The van der Waals surface area contributed by atoms with E-state index in [2.05, 4.69) is 20.7 Å². The summed E-state index contributed by atoms with van der Waals surface area (Å²) in [5.41, 5.74) is 0.655. The zero-order chi connectivity index (χ0) is 16.3. The van der Waals surface area contributed by atoms with Crippen molar-refractivity contribution >= 4 is 32.0 Å². The van der Waals surface area contributed by atoms with Gasteiger partial charge in [0.2, 0.25) is 0 Å². The molecule has 7 heteroatoms. The van der Waals surface area contributed by atoms with Crippen LogP contribution in [0.15, 0.2) is 27.6 Å². The first-order valence-corrected chi connectivity index (χ1v) is 9.79. The van der Waals surface area contributed by atoms with Crippen LogP contribution in [0.3, 0.4) is 0 Å². The number of sulfonamides is 1. The Kier molecular flexibility index (Phi) is 6.01. The van der Waals surface area contributed by atoms with Gasteiger partial charge in [0.25, 0.3) is 0 Å². The smallest absolute Gasteiger partial charge is 0.198 e. The van der Waals surface area contributed by atoms with E-state index in [0.717, 1.165) is 23.9 Å². The number of hydrogen-bond acceptors (Lipinski definition) is 4. The summed E-state index contributed by atoms with van der Waals surface area (Å²) in [5, 5.41) is 9.52. The number of anilines is 1. The molecular formula is C15H23BrN2O3S. The van der Waals surface area contributed by atoms with Crippen LogP contribution >= 0.6 is 15.9 Å². The fraction of sp³-hybridized carbons (Fsp3) is 0.600. The molecular weight excluding hydrogens is 368 g/mol. The molecule has 0 saturated carbocycles. The van der Waals surface area contributed by atoms with Gasteiger partial charge in [-0.25, -0.2) is 0 Å². The first-order valence-electron chi connectivity index (χ1n) is 7.52. The zero-order valence-corrected chi connectivity index (χ0v) is 15.3. The minimum absolute atomic E-state index is 0.0200. The van der Waals surface area contributed by atoms with E-state index in [1.54, 1.807) is 12.1 Å². The van der Waals surface area contributed by atoms with Crippen molar-refractivity contribution in [3.05, 3.63) is 22.7 Å². The quantitative estimate of drug-likeness (QED) is 0.731. The largest absolute Gasteiger partial charge is 0.593 e. The highest BCUT2D eigenvalue weighted by atomic mass is 79.9. The maximum Gasteiger partial charge on any atom is 0.198 e. The van der Waals surface area contributed by atoms with E-state index in [1.165, 1.54) is 0 Å². The Labute approximate surface area is 141 Å². The van der Waals surface area contributed by atoms with Gasteiger partial charge in [-0.15, -0.1) is 4.72 Å². The van der Waals surface area contributed by atoms with E-state index < -0.39 is 10.4 Å². The average molecular weight is 391 g/mol. The van der Waals surface area contributed by atoms with Gasteiger partial charge in [0.15, 0.2) is 15.3 Å². The summed E-state index contributed by atoms with van der Waals surface area (Å²) in [7, 11) is -3.57. The topological polar surface area (TPSA) is 75.6 Å². The molecule has 0 amide bonds. The molecule has 1 heterocycles. The van der Waals surface area contributed by atoms with Crippen molar-refractivity contribution in [1.29, 1.82) is 0 Å². The highest BCUT2D eigenvalue weighted by Gasteiger charge is 2.32. The van der Waals surface area contributed by atoms with E-state index >= 15 is 0 Å². The normalized spacial score (nSPS) is 21.4. The van der Waals surface area contributed by atoms with E-state index in [4.69, 9.17) is 0 Å². The number of benzene rings is 1. The number of nitrogens with zero attached hydrogens (tertiary/aromatic N) is 1. The van der Waals surface area contributed by atoms with Crippen LogP contribution in [-0.4, -0.2) is 35.4 Å². The Bertz CT molecular complexity index is 568. The number of aliphatic hydroxyl groups is 1. The second-order valence-corrected chi connectivity index (χ2v) is 8.68. The molecule has 1 aromatic carbocycles. The Balaban J connectivity index is 2.37. The van der Waals surface area contributed by atoms with Crippen molar-refractivity contribution in [3.8, 4) is 0 Å². The summed E-state index contributed by atoms with van der Waals surface area (Å²) in [6, 6.07) is 5.15. The van der Waals surface area contributed by atoms with Crippen molar-refractivity contribution in [2.24, 2.45) is 5.92 Å². The van der Waals surface area contributed by atoms with Gasteiger partial charge in [0.05, 0.1) is 18.3 Å². The number of aliphatic hydroxyl groups excluding tert-OH is 1. The highest BCUT2D eigenvalue weighted by Crippen LogP contribution is 2.35. The van der Waals surface area contributed by atoms with Crippen LogP contribution in [0.1, 0.15) is 26.7 Å². The average Bonchev–Trinajstić information content (AvgIpc) is 2.93. The molecule has 1 fully saturated rings. The van der Waals surface area contributed by atoms with Crippen LogP contribution in [0, 0.1) is 5.92 Å². The number of halogens is 1. The van der Waals surface area contributed by atoms with Crippen LogP contribution < -0.4 is 9.62 Å². The molecule has 5 nitrogen and oxygen atoms in total. The molecule has 2 atom stereocenters. The van der Waals surface area contributed by atoms with Crippen LogP contribution in [0.2, 0.25) is 0 Å². The molecule has 1 saturated heterocycles. The first kappa shape index (κ1) is 17.9. The molecule has 2 N–H and O–H groups in total. The van der Waals surface area contributed by atoms with Crippen molar-refractivity contribution in [3.63, 3.8) is 0 Å². The molecule has 22 heavy (non-hydrogen) atoms. The maximum absolute atomic E-state index is 12.6. The lowest BCUT2D eigenvalue weighted by Gasteiger charge is -2.28. The van der Waals surface area contributed by atoms with E-state index in [-0.39, 0.29) is 23.5 Å². The predicted octanol–water partition coefficient (Wildman–Crippen LogP) is 2.56. The molecule has 124 valence electrons. The van der Waals surface area contributed by atoms with Crippen LogP contribution in [-0.2, 0) is 14.6 Å². The van der Waals surface area contributed by atoms with Gasteiger partial charge in [-0.2, -0.15) is 0 Å². The van der Waals surface area contributed by atoms with E-state index in [1.807, 2.05) is 24.8 Å². The van der Waals surface area contributed by atoms with E-state index in [9.17, 15) is 13.9 Å². The third-order valence-electron chi connectivity index (χ3n) is 3.79. The predicted molar refractivity (Wildman–Crippen MR) is 91.5 cm³/mol. The molecule has 0 bridgehead atoms. The summed E-state index contributed by atoms with van der Waals surface area (Å²) in [6.07, 6.45) is 1.83. The zero-order valence-electron chi connectivity index (χ0n) is 12.9. The number of nitrogens with one attached hydrogen (secondary N) is 1. The molecule has 1 aromatic rings. The molecule has 1 unspecified atom stereocenters. The fourth-order valence-electron chi connectivity index (χ4n) is 2.64. The van der Waals surface area contributed by atoms with E-state index in [0.29, 0.717) is 12.2 Å². The lowest BCUT2D eigenvalue weighted by molar-refractivity contribution is 0.266. The van der Waals surface area contributed by atoms with Crippen molar-refractivity contribution < 1.29 is 13.9 Å². The van der Waals surface area contributed by atoms with Gasteiger partial charge >= 0.3 is 0 Å². The summed E-state index contributed by atoms with van der Waals surface area (Å²) >= 11 is 3.41. The van der Waals surface area contributed by atoms with Crippen LogP contribution in [0.5, 0.6) is 0 Å². The minimum Gasteiger partial charge on any atom is -0.593 e. The van der Waals surface area contributed by atoms with Gasteiger partial charge in [0.1, 0.15) is 0 Å². The van der Waals surface area contributed by atoms with Crippen molar-refractivity contribution in [1.82, 2.24) is 4.72 Å². The third kappa shape index (κ3) is 4.08. The third-order valence-corrected chi connectivity index (χ3v) is 5.75. The fourth-order valence-corrected chi connectivity index (χ4v) is 4.39. The van der Waals surface area contributed by atoms with Gasteiger partial charge in [-0.05, 0) is 37.0 Å². The first-order chi connectivity index (χ1) is 10.3. The van der Waals surface area contributed by atoms with Gasteiger partial charge in [-0.3, -0.25) is 0 Å². The van der Waals surface area contributed by atoms with Gasteiger partial charge < -0.3 is 14.6 Å². The maximum atomic E-state index is 12.6. The molecule has 0 radical (unpaired) electrons. The molecule has 1 aliphatic rings. The Morgan fingerprint density at radius 3 is 2.91 bits per heavy atom. The monoisotopic (exact) mass is 390 g/mol. The second kappa shape index (κ2) is 7.40. The van der Waals surface area contributed by atoms with Crippen molar-refractivity contribution in [2.75, 3.05) is 24.6 Å². The van der Waals surface area contributed by atoms with Crippen molar-refractivity contribution in [2.45, 2.75) is 37.6 Å². The second-order valence-electron chi connectivity index (χ2n) is 6.03. The summed E-state index contributed by atoms with van der Waals surface area (Å²) in [4.78, 5) is 2.27. The molecule has 0 aromatic heterocycles. The number of rotatable bonds is 6. The molecule has 0 aliphatic carbocycles. The molecule has 1 aliphatic heterocycles. The number of hydrogen-bond donors (Lipinski definition) is 2. The summed E-state index contributed by atoms with van der Waals surface area (Å²) in [5.74, 6) is 0.241. The van der Waals surface area contributed by atoms with Crippen LogP contribution in [0.25, 0.3) is 0 Å². The lowest BCUT2D eigenvalue weighted by Crippen LogP contribution is -2.37. The highest BCUT2D eigenvalue weighted by molar-refractivity contribution is 9.10. The SMILES string of the molecule is CC(C)CN[S+](=O)([O-])c1ccc(Br)cc1N1CCC[C@H]1CO. The Morgan fingerprint density at radius 2 is 2.27 bits per heavy atom. The Hall–Kier alpha value is -0.470.